The third-order valence-corrected chi connectivity index (χ3v) is 4.60. The molecule has 0 bridgehead atoms. The molecular formula is C16H24Cl2N2O3. The van der Waals surface area contributed by atoms with E-state index in [1.165, 1.54) is 7.11 Å². The number of esters is 1. The fourth-order valence-corrected chi connectivity index (χ4v) is 3.07. The van der Waals surface area contributed by atoms with E-state index in [9.17, 15) is 4.79 Å². The minimum atomic E-state index is -0.355. The van der Waals surface area contributed by atoms with Gasteiger partial charge in [0.25, 0.3) is 0 Å². The van der Waals surface area contributed by atoms with Gasteiger partial charge < -0.3 is 15.2 Å². The van der Waals surface area contributed by atoms with Crippen molar-refractivity contribution < 1.29 is 14.3 Å². The average molecular weight is 363 g/mol. The molecule has 2 atom stereocenters. The molecule has 0 aliphatic carbocycles. The van der Waals surface area contributed by atoms with Crippen molar-refractivity contribution in [1.82, 2.24) is 4.90 Å². The van der Waals surface area contributed by atoms with Crippen LogP contribution < -0.4 is 5.73 Å². The molecule has 0 radical (unpaired) electrons. The van der Waals surface area contributed by atoms with Crippen molar-refractivity contribution in [3.8, 4) is 0 Å². The molecular weight excluding hydrogens is 339 g/mol. The van der Waals surface area contributed by atoms with Gasteiger partial charge in [-0.05, 0) is 36.6 Å². The van der Waals surface area contributed by atoms with E-state index in [-0.39, 0.29) is 30.5 Å². The highest BCUT2D eigenvalue weighted by Crippen LogP contribution is 2.25. The summed E-state index contributed by atoms with van der Waals surface area (Å²) in [5.41, 5.74) is 7.33. The first-order valence-electron chi connectivity index (χ1n) is 7.42. The molecule has 2 N–H and O–H groups in total. The van der Waals surface area contributed by atoms with Crippen molar-refractivity contribution in [1.29, 1.82) is 0 Å². The number of ether oxygens (including phenoxy) is 2. The number of methoxy groups -OCH3 is 2. The average Bonchev–Trinajstić information content (AvgIpc) is 2.56. The summed E-state index contributed by atoms with van der Waals surface area (Å²) in [6.07, 6.45) is 2.16. The Balaban J connectivity index is 0.00000264. The Morgan fingerprint density at radius 1 is 1.43 bits per heavy atom. The van der Waals surface area contributed by atoms with Gasteiger partial charge >= 0.3 is 5.97 Å². The van der Waals surface area contributed by atoms with Crippen LogP contribution in [0.3, 0.4) is 0 Å². The summed E-state index contributed by atoms with van der Waals surface area (Å²) in [6, 6.07) is 5.47. The van der Waals surface area contributed by atoms with Crippen molar-refractivity contribution >= 4 is 30.0 Å². The van der Waals surface area contributed by atoms with Gasteiger partial charge in [0.2, 0.25) is 0 Å². The number of carbonyl (C=O) groups is 1. The lowest BCUT2D eigenvalue weighted by Crippen LogP contribution is -2.48. The summed E-state index contributed by atoms with van der Waals surface area (Å²) in [5, 5.41) is 0.650. The maximum absolute atomic E-state index is 11.7. The minimum absolute atomic E-state index is 0. The standard InChI is InChI=1S/C16H23ClN2O3.ClH/c1-21-14-5-6-19(13(8-14)9-18)10-12-7-11(16(20)22-2)3-4-15(12)17;/h3-4,7,13-14H,5-6,8-10,18H2,1-2H3;1H. The number of nitrogens with two attached hydrogens (primary N) is 1. The summed E-state index contributed by atoms with van der Waals surface area (Å²) in [4.78, 5) is 14.0. The molecule has 0 spiro atoms. The monoisotopic (exact) mass is 362 g/mol. The third kappa shape index (κ3) is 5.06. The summed E-state index contributed by atoms with van der Waals surface area (Å²) in [5.74, 6) is -0.355. The first-order valence-corrected chi connectivity index (χ1v) is 7.80. The molecule has 1 saturated heterocycles. The van der Waals surface area contributed by atoms with E-state index >= 15 is 0 Å². The largest absolute Gasteiger partial charge is 0.465 e. The fourth-order valence-electron chi connectivity index (χ4n) is 2.89. The summed E-state index contributed by atoms with van der Waals surface area (Å²) < 4.78 is 10.2. The maximum atomic E-state index is 11.7. The second-order valence-corrected chi connectivity index (χ2v) is 5.95. The number of benzene rings is 1. The summed E-state index contributed by atoms with van der Waals surface area (Å²) in [6.45, 7) is 2.15. The zero-order valence-corrected chi connectivity index (χ0v) is 15.0. The van der Waals surface area contributed by atoms with Crippen molar-refractivity contribution in [2.45, 2.75) is 31.5 Å². The first kappa shape index (κ1) is 20.2. The summed E-state index contributed by atoms with van der Waals surface area (Å²) in [7, 11) is 3.11. The lowest BCUT2D eigenvalue weighted by molar-refractivity contribution is 0.0102. The molecule has 2 unspecified atom stereocenters. The van der Waals surface area contributed by atoms with E-state index in [1.54, 1.807) is 25.3 Å². The molecule has 0 saturated carbocycles. The van der Waals surface area contributed by atoms with E-state index < -0.39 is 0 Å². The molecule has 1 aromatic carbocycles. The molecule has 1 heterocycles. The molecule has 1 fully saturated rings. The van der Waals surface area contributed by atoms with Gasteiger partial charge in [0.1, 0.15) is 0 Å². The van der Waals surface area contributed by atoms with Gasteiger partial charge in [-0.25, -0.2) is 4.79 Å². The first-order chi connectivity index (χ1) is 10.6. The van der Waals surface area contributed by atoms with Crippen LogP contribution in [0.5, 0.6) is 0 Å². The molecule has 23 heavy (non-hydrogen) atoms. The highest BCUT2D eigenvalue weighted by molar-refractivity contribution is 6.31. The lowest BCUT2D eigenvalue weighted by Gasteiger charge is -2.38. The number of likely N-dealkylation sites (tertiary alicyclic amines) is 1. The Morgan fingerprint density at radius 2 is 2.17 bits per heavy atom. The predicted octanol–water partition coefficient (Wildman–Crippen LogP) is 2.49. The number of hydrogen-bond donors (Lipinski definition) is 1. The molecule has 1 aliphatic rings. The topological polar surface area (TPSA) is 64.8 Å². The van der Waals surface area contributed by atoms with Gasteiger partial charge in [0.05, 0.1) is 18.8 Å². The quantitative estimate of drug-likeness (QED) is 0.815. The number of nitrogens with zero attached hydrogens (tertiary/aromatic N) is 1. The van der Waals surface area contributed by atoms with E-state index in [0.29, 0.717) is 23.7 Å². The molecule has 5 nitrogen and oxygen atoms in total. The Morgan fingerprint density at radius 3 is 2.78 bits per heavy atom. The van der Waals surface area contributed by atoms with E-state index in [0.717, 1.165) is 24.9 Å². The molecule has 1 aromatic rings. The number of halogens is 2. The SMILES string of the molecule is COC(=O)c1ccc(Cl)c(CN2CCC(OC)CC2CN)c1.Cl. The zero-order chi connectivity index (χ0) is 16.1. The Hall–Kier alpha value is -0.850. The number of carbonyl (C=O) groups excluding carboxylic acids is 1. The minimum Gasteiger partial charge on any atom is -0.465 e. The third-order valence-electron chi connectivity index (χ3n) is 4.24. The highest BCUT2D eigenvalue weighted by atomic mass is 35.5. The number of hydrogen-bond acceptors (Lipinski definition) is 5. The molecule has 1 aliphatic heterocycles. The molecule has 0 aromatic heterocycles. The lowest BCUT2D eigenvalue weighted by atomic mass is 9.98. The fraction of sp³-hybridized carbons (Fsp3) is 0.562. The molecule has 2 rings (SSSR count). The number of rotatable bonds is 5. The van der Waals surface area contributed by atoms with Gasteiger partial charge in [-0.3, -0.25) is 4.90 Å². The smallest absolute Gasteiger partial charge is 0.337 e. The second-order valence-electron chi connectivity index (χ2n) is 5.54. The van der Waals surface area contributed by atoms with Gasteiger partial charge in [0.15, 0.2) is 0 Å². The Bertz CT molecular complexity index is 528. The van der Waals surface area contributed by atoms with Crippen LogP contribution in [0.4, 0.5) is 0 Å². The van der Waals surface area contributed by atoms with Crippen LogP contribution in [0.25, 0.3) is 0 Å². The highest BCUT2D eigenvalue weighted by Gasteiger charge is 2.28. The molecule has 7 heteroatoms. The van der Waals surface area contributed by atoms with Crippen LogP contribution in [0.15, 0.2) is 18.2 Å². The molecule has 0 amide bonds. The van der Waals surface area contributed by atoms with Gasteiger partial charge in [-0.2, -0.15) is 0 Å². The van der Waals surface area contributed by atoms with Crippen LogP contribution >= 0.6 is 24.0 Å². The molecule has 130 valence electrons. The van der Waals surface area contributed by atoms with E-state index in [2.05, 4.69) is 4.90 Å². The number of piperidine rings is 1. The van der Waals surface area contributed by atoms with Crippen LogP contribution in [0, 0.1) is 0 Å². The summed E-state index contributed by atoms with van der Waals surface area (Å²) >= 11 is 6.28. The van der Waals surface area contributed by atoms with Gasteiger partial charge in [-0.15, -0.1) is 12.4 Å². The van der Waals surface area contributed by atoms with Crippen LogP contribution in [0.1, 0.15) is 28.8 Å². The van der Waals surface area contributed by atoms with Crippen LogP contribution in [0.2, 0.25) is 5.02 Å². The second kappa shape index (κ2) is 9.45. The Kier molecular flexibility index (Phi) is 8.29. The predicted molar refractivity (Wildman–Crippen MR) is 93.3 cm³/mol. The van der Waals surface area contributed by atoms with Gasteiger partial charge in [0, 0.05) is 37.8 Å². The van der Waals surface area contributed by atoms with Crippen molar-refractivity contribution in [3.05, 3.63) is 34.3 Å². The van der Waals surface area contributed by atoms with E-state index in [1.807, 2.05) is 0 Å². The van der Waals surface area contributed by atoms with Crippen LogP contribution in [-0.4, -0.2) is 50.3 Å². The zero-order valence-electron chi connectivity index (χ0n) is 13.5. The Labute approximate surface area is 148 Å². The van der Waals surface area contributed by atoms with Crippen molar-refractivity contribution in [2.75, 3.05) is 27.3 Å². The van der Waals surface area contributed by atoms with E-state index in [4.69, 9.17) is 26.8 Å². The van der Waals surface area contributed by atoms with Crippen molar-refractivity contribution in [3.63, 3.8) is 0 Å². The maximum Gasteiger partial charge on any atom is 0.337 e. The van der Waals surface area contributed by atoms with Crippen LogP contribution in [-0.2, 0) is 16.0 Å². The normalized spacial score (nSPS) is 21.6. The van der Waals surface area contributed by atoms with Crippen molar-refractivity contribution in [2.24, 2.45) is 5.73 Å². The van der Waals surface area contributed by atoms with Gasteiger partial charge in [-0.1, -0.05) is 11.6 Å².